The molecular weight excluding hydrogens is 326 g/mol. The fraction of sp³-hybridized carbons (Fsp3) is 0.733. The third-order valence-electron chi connectivity index (χ3n) is 4.53. The van der Waals surface area contributed by atoms with E-state index < -0.39 is 10.0 Å². The van der Waals surface area contributed by atoms with Crippen molar-refractivity contribution in [3.05, 3.63) is 15.8 Å². The summed E-state index contributed by atoms with van der Waals surface area (Å²) in [6.45, 7) is 6.37. The van der Waals surface area contributed by atoms with Crippen LogP contribution in [-0.4, -0.2) is 25.8 Å². The average molecular weight is 350 g/mol. The van der Waals surface area contributed by atoms with Gasteiger partial charge >= 0.3 is 0 Å². The highest BCUT2D eigenvalue weighted by Crippen LogP contribution is 2.38. The summed E-state index contributed by atoms with van der Waals surface area (Å²) in [6, 6.07) is 1.84. The van der Waals surface area contributed by atoms with Crippen LogP contribution >= 0.6 is 22.9 Å². The lowest BCUT2D eigenvalue weighted by Crippen LogP contribution is -2.40. The molecule has 1 heterocycles. The molecule has 1 saturated carbocycles. The highest BCUT2D eigenvalue weighted by atomic mass is 35.5. The zero-order valence-corrected chi connectivity index (χ0v) is 15.5. The second-order valence-corrected chi connectivity index (χ2v) is 10.3. The molecule has 0 unspecified atom stereocenters. The summed E-state index contributed by atoms with van der Waals surface area (Å²) in [5.74, 6) is 0.363. The Morgan fingerprint density at radius 1 is 1.38 bits per heavy atom. The van der Waals surface area contributed by atoms with Crippen molar-refractivity contribution in [2.75, 3.05) is 7.05 Å². The minimum atomic E-state index is -3.41. The quantitative estimate of drug-likeness (QED) is 0.756. The van der Waals surface area contributed by atoms with Crippen molar-refractivity contribution in [3.63, 3.8) is 0 Å². The van der Waals surface area contributed by atoms with Crippen LogP contribution in [0.25, 0.3) is 0 Å². The first-order valence-electron chi connectivity index (χ1n) is 7.31. The van der Waals surface area contributed by atoms with E-state index in [1.807, 2.05) is 6.92 Å². The number of halogens is 1. The molecule has 1 fully saturated rings. The summed E-state index contributed by atoms with van der Waals surface area (Å²) in [7, 11) is -1.69. The normalized spacial score (nSPS) is 20.1. The smallest absolute Gasteiger partial charge is 0.207 e. The zero-order chi connectivity index (χ0) is 15.8. The Kier molecular flexibility index (Phi) is 5.08. The van der Waals surface area contributed by atoms with E-state index in [9.17, 15) is 8.42 Å². The molecule has 0 atom stereocenters. The summed E-state index contributed by atoms with van der Waals surface area (Å²) < 4.78 is 27.2. The van der Waals surface area contributed by atoms with Gasteiger partial charge < -0.3 is 0 Å². The maximum Gasteiger partial charge on any atom is 0.244 e. The minimum absolute atomic E-state index is 0.113. The summed E-state index contributed by atoms with van der Waals surface area (Å²) >= 11 is 7.29. The molecule has 0 aliphatic heterocycles. The zero-order valence-electron chi connectivity index (χ0n) is 13.1. The molecule has 1 aliphatic carbocycles. The molecule has 0 spiro atoms. The van der Waals surface area contributed by atoms with Crippen LogP contribution in [0.2, 0.25) is 0 Å². The summed E-state index contributed by atoms with van der Waals surface area (Å²) in [4.78, 5) is 2.16. The van der Waals surface area contributed by atoms with Gasteiger partial charge in [0.2, 0.25) is 10.0 Å². The molecule has 0 bridgehead atoms. The number of aryl methyl sites for hydroxylation is 1. The van der Waals surface area contributed by atoms with E-state index in [-0.39, 0.29) is 6.04 Å². The van der Waals surface area contributed by atoms with Gasteiger partial charge in [0.1, 0.15) is 0 Å². The number of thiophene rings is 1. The van der Waals surface area contributed by atoms with E-state index in [0.29, 0.717) is 16.2 Å². The maximum absolute atomic E-state index is 12.8. The molecule has 0 N–H and O–H groups in total. The molecule has 0 saturated heterocycles. The number of hydrogen-bond acceptors (Lipinski definition) is 3. The van der Waals surface area contributed by atoms with E-state index in [1.165, 1.54) is 11.3 Å². The SMILES string of the molecule is Cc1sc(CCl)cc1S(=O)(=O)N(C)C1CCC(C)(C)CC1. The number of nitrogens with zero attached hydrogens (tertiary/aromatic N) is 1. The van der Waals surface area contributed by atoms with Crippen LogP contribution in [-0.2, 0) is 15.9 Å². The van der Waals surface area contributed by atoms with Gasteiger partial charge in [-0.05, 0) is 44.1 Å². The van der Waals surface area contributed by atoms with E-state index >= 15 is 0 Å². The van der Waals surface area contributed by atoms with Crippen molar-refractivity contribution in [1.82, 2.24) is 4.31 Å². The highest BCUT2D eigenvalue weighted by Gasteiger charge is 2.35. The lowest BCUT2D eigenvalue weighted by Gasteiger charge is -2.38. The number of hydrogen-bond donors (Lipinski definition) is 0. The Hall–Kier alpha value is -0.100. The number of rotatable bonds is 4. The molecule has 1 aromatic heterocycles. The van der Waals surface area contributed by atoms with Crippen molar-refractivity contribution in [2.45, 2.75) is 63.3 Å². The first-order valence-corrected chi connectivity index (χ1v) is 10.1. The topological polar surface area (TPSA) is 37.4 Å². The Balaban J connectivity index is 2.21. The van der Waals surface area contributed by atoms with Crippen LogP contribution in [0.3, 0.4) is 0 Å². The lowest BCUT2D eigenvalue weighted by molar-refractivity contribution is 0.174. The second-order valence-electron chi connectivity index (χ2n) is 6.68. The Morgan fingerprint density at radius 3 is 2.43 bits per heavy atom. The fourth-order valence-corrected chi connectivity index (χ4v) is 6.05. The molecule has 6 heteroatoms. The Morgan fingerprint density at radius 2 is 1.95 bits per heavy atom. The Bertz CT molecular complexity index is 597. The van der Waals surface area contributed by atoms with Gasteiger partial charge in [-0.3, -0.25) is 0 Å². The largest absolute Gasteiger partial charge is 0.244 e. The van der Waals surface area contributed by atoms with Gasteiger partial charge in [0.25, 0.3) is 0 Å². The fourth-order valence-electron chi connectivity index (χ4n) is 2.95. The van der Waals surface area contributed by atoms with Crippen molar-refractivity contribution in [2.24, 2.45) is 5.41 Å². The van der Waals surface area contributed by atoms with E-state index in [4.69, 9.17) is 11.6 Å². The molecular formula is C15H24ClNO2S2. The van der Waals surface area contributed by atoms with Crippen molar-refractivity contribution in [3.8, 4) is 0 Å². The van der Waals surface area contributed by atoms with Crippen LogP contribution in [0, 0.1) is 12.3 Å². The average Bonchev–Trinajstić information content (AvgIpc) is 2.80. The predicted octanol–water partition coefficient (Wildman–Crippen LogP) is 4.38. The van der Waals surface area contributed by atoms with E-state index in [1.54, 1.807) is 17.4 Å². The van der Waals surface area contributed by atoms with Gasteiger partial charge in [-0.15, -0.1) is 22.9 Å². The van der Waals surface area contributed by atoms with E-state index in [2.05, 4.69) is 13.8 Å². The molecule has 1 aromatic rings. The van der Waals surface area contributed by atoms with Gasteiger partial charge in [0.05, 0.1) is 10.8 Å². The summed E-state index contributed by atoms with van der Waals surface area (Å²) in [5.41, 5.74) is 0.338. The molecule has 0 radical (unpaired) electrons. The molecule has 0 amide bonds. The summed E-state index contributed by atoms with van der Waals surface area (Å²) in [5, 5.41) is 0. The van der Waals surface area contributed by atoms with Gasteiger partial charge in [0.15, 0.2) is 0 Å². The highest BCUT2D eigenvalue weighted by molar-refractivity contribution is 7.89. The van der Waals surface area contributed by atoms with Gasteiger partial charge in [-0.2, -0.15) is 4.31 Å². The maximum atomic E-state index is 12.8. The van der Waals surface area contributed by atoms with Crippen molar-refractivity contribution >= 4 is 33.0 Å². The third-order valence-corrected chi connectivity index (χ3v) is 8.20. The van der Waals surface area contributed by atoms with Crippen LogP contribution < -0.4 is 0 Å². The molecule has 1 aliphatic rings. The standard InChI is InChI=1S/C15H24ClNO2S2/c1-11-14(9-13(10-16)20-11)21(18,19)17(4)12-5-7-15(2,3)8-6-12/h9,12H,5-8,10H2,1-4H3. The molecule has 21 heavy (non-hydrogen) atoms. The monoisotopic (exact) mass is 349 g/mol. The van der Waals surface area contributed by atoms with Crippen molar-refractivity contribution < 1.29 is 8.42 Å². The summed E-state index contributed by atoms with van der Waals surface area (Å²) in [6.07, 6.45) is 4.03. The minimum Gasteiger partial charge on any atom is -0.207 e. The van der Waals surface area contributed by atoms with Crippen LogP contribution in [0.4, 0.5) is 0 Å². The number of sulfonamides is 1. The van der Waals surface area contributed by atoms with Gasteiger partial charge in [-0.25, -0.2) is 8.42 Å². The Labute approximate surface area is 137 Å². The second kappa shape index (κ2) is 6.19. The van der Waals surface area contributed by atoms with Crippen molar-refractivity contribution in [1.29, 1.82) is 0 Å². The molecule has 3 nitrogen and oxygen atoms in total. The van der Waals surface area contributed by atoms with Gasteiger partial charge in [-0.1, -0.05) is 13.8 Å². The van der Waals surface area contributed by atoms with Gasteiger partial charge in [0, 0.05) is 22.8 Å². The predicted molar refractivity (Wildman–Crippen MR) is 89.6 cm³/mol. The molecule has 120 valence electrons. The lowest BCUT2D eigenvalue weighted by atomic mass is 9.76. The third kappa shape index (κ3) is 3.63. The van der Waals surface area contributed by atoms with Crippen LogP contribution in [0.5, 0.6) is 0 Å². The first kappa shape index (κ1) is 17.3. The van der Waals surface area contributed by atoms with Crippen LogP contribution in [0.1, 0.15) is 49.3 Å². The first-order chi connectivity index (χ1) is 9.67. The number of alkyl halides is 1. The molecule has 0 aromatic carbocycles. The van der Waals surface area contributed by atoms with E-state index in [0.717, 1.165) is 35.4 Å². The van der Waals surface area contributed by atoms with Crippen LogP contribution in [0.15, 0.2) is 11.0 Å². The molecule has 2 rings (SSSR count).